The molecule has 0 saturated carbocycles. The highest BCUT2D eigenvalue weighted by molar-refractivity contribution is 6.26. The molecular formula is C84H50O2. The number of rotatable bonds is 7. The molecule has 2 heterocycles. The highest BCUT2D eigenvalue weighted by atomic mass is 16.3. The fraction of sp³-hybridized carbons (Fsp3) is 0. The molecule has 2 nitrogen and oxygen atoms in total. The molecule has 0 spiro atoms. The second kappa shape index (κ2) is 19.1. The molecule has 18 aromatic rings. The predicted molar refractivity (Wildman–Crippen MR) is 364 cm³/mol. The van der Waals surface area contributed by atoms with Gasteiger partial charge in [0.05, 0.1) is 0 Å². The van der Waals surface area contributed by atoms with Crippen LogP contribution in [0.15, 0.2) is 312 Å². The van der Waals surface area contributed by atoms with Crippen LogP contribution in [-0.4, -0.2) is 0 Å². The van der Waals surface area contributed by atoms with Gasteiger partial charge in [-0.25, -0.2) is 0 Å². The minimum absolute atomic E-state index is 0.870. The molecule has 2 aromatic heterocycles. The number of benzene rings is 16. The van der Waals surface area contributed by atoms with Crippen LogP contribution >= 0.6 is 0 Å². The zero-order valence-corrected chi connectivity index (χ0v) is 46.7. The molecule has 86 heavy (non-hydrogen) atoms. The van der Waals surface area contributed by atoms with Gasteiger partial charge in [-0.05, 0) is 173 Å². The van der Waals surface area contributed by atoms with Gasteiger partial charge in [-0.2, -0.15) is 0 Å². The fourth-order valence-electron chi connectivity index (χ4n) is 14.4. The minimum Gasteiger partial charge on any atom is -0.456 e. The maximum absolute atomic E-state index is 6.95. The van der Waals surface area contributed by atoms with Crippen LogP contribution in [0.4, 0.5) is 0 Å². The van der Waals surface area contributed by atoms with Crippen molar-refractivity contribution < 1.29 is 8.83 Å². The van der Waals surface area contributed by atoms with Crippen LogP contribution < -0.4 is 0 Å². The standard InChI is InChI=1S/C84H50O2/c1-2-22-58-52(18-1)19-14-35-63(58)82-69-28-7-3-24-65(69)80(66-25-4-8-29-70(66)82)53-42-40-51(41-43-53)55-44-47-79-76(49-55)74-38-17-37-73(84(74)86-79)61-34-15-33-60-59(61)32-16-36-64(60)83-71-30-9-5-26-67(71)81(68-27-6-10-31-72(68)83)57-21-13-20-54(48-57)56-45-46-78-75(50-56)62-23-11-12-39-77(62)85-78/h1-50H. The van der Waals surface area contributed by atoms with E-state index in [1.165, 1.54) is 109 Å². The number of fused-ring (bicyclic) bond motifs is 12. The first-order chi connectivity index (χ1) is 42.7. The first kappa shape index (κ1) is 48.2. The first-order valence-corrected chi connectivity index (χ1v) is 29.6. The van der Waals surface area contributed by atoms with E-state index in [1.807, 2.05) is 12.1 Å². The first-order valence-electron chi connectivity index (χ1n) is 29.6. The van der Waals surface area contributed by atoms with Gasteiger partial charge in [0, 0.05) is 27.1 Å². The number of hydrogen-bond donors (Lipinski definition) is 0. The van der Waals surface area contributed by atoms with Crippen molar-refractivity contribution in [1.29, 1.82) is 0 Å². The van der Waals surface area contributed by atoms with Crippen molar-refractivity contribution in [2.45, 2.75) is 0 Å². The summed E-state index contributed by atoms with van der Waals surface area (Å²) in [5.41, 5.74) is 20.2. The Morgan fingerprint density at radius 3 is 1.15 bits per heavy atom. The molecule has 398 valence electrons. The van der Waals surface area contributed by atoms with Crippen molar-refractivity contribution in [2.24, 2.45) is 0 Å². The summed E-state index contributed by atoms with van der Waals surface area (Å²) in [7, 11) is 0. The third-order valence-corrected chi connectivity index (χ3v) is 18.3. The van der Waals surface area contributed by atoms with Gasteiger partial charge in [-0.1, -0.05) is 267 Å². The number of para-hydroxylation sites is 2. The summed E-state index contributed by atoms with van der Waals surface area (Å²) >= 11 is 0. The molecule has 2 heteroatoms. The lowest BCUT2D eigenvalue weighted by atomic mass is 9.83. The predicted octanol–water partition coefficient (Wildman–Crippen LogP) is 24.1. The third-order valence-electron chi connectivity index (χ3n) is 18.3. The Labute approximate surface area is 495 Å². The van der Waals surface area contributed by atoms with Crippen molar-refractivity contribution in [3.8, 4) is 77.9 Å². The molecule has 0 aliphatic carbocycles. The van der Waals surface area contributed by atoms with E-state index in [4.69, 9.17) is 8.83 Å². The smallest absolute Gasteiger partial charge is 0.143 e. The lowest BCUT2D eigenvalue weighted by Gasteiger charge is -2.19. The monoisotopic (exact) mass is 1090 g/mol. The van der Waals surface area contributed by atoms with E-state index in [0.717, 1.165) is 77.3 Å². The summed E-state index contributed by atoms with van der Waals surface area (Å²) in [6, 6.07) is 111. The van der Waals surface area contributed by atoms with E-state index in [9.17, 15) is 0 Å². The van der Waals surface area contributed by atoms with E-state index >= 15 is 0 Å². The van der Waals surface area contributed by atoms with Gasteiger partial charge >= 0.3 is 0 Å². The second-order valence-corrected chi connectivity index (χ2v) is 22.9. The van der Waals surface area contributed by atoms with Crippen LogP contribution in [0.1, 0.15) is 0 Å². The topological polar surface area (TPSA) is 26.3 Å². The average molecular weight is 1090 g/mol. The molecule has 18 rings (SSSR count). The summed E-state index contributed by atoms with van der Waals surface area (Å²) in [5, 5.41) is 19.2. The SMILES string of the molecule is c1cc(-c2ccc3oc4ccccc4c3c2)cc(-c2c3ccccc3c(-c3cccc4c(-c5cccc6c5oc5ccc(-c7ccc(-c8c9ccccc9c(-c9cccc%10ccccc9%10)c9ccccc89)cc7)cc56)cccc34)c3ccccc23)c1. The van der Waals surface area contributed by atoms with Crippen LogP contribution in [0, 0.1) is 0 Å². The van der Waals surface area contributed by atoms with E-state index in [2.05, 4.69) is 291 Å². The highest BCUT2D eigenvalue weighted by Crippen LogP contribution is 2.49. The Balaban J connectivity index is 0.724. The molecule has 0 atom stereocenters. The summed E-state index contributed by atoms with van der Waals surface area (Å²) in [4.78, 5) is 0. The average Bonchev–Trinajstić information content (AvgIpc) is 1.13. The van der Waals surface area contributed by atoms with Gasteiger partial charge in [0.15, 0.2) is 0 Å². The van der Waals surface area contributed by atoms with E-state index < -0.39 is 0 Å². The lowest BCUT2D eigenvalue weighted by Crippen LogP contribution is -1.92. The molecule has 0 aliphatic rings. The van der Waals surface area contributed by atoms with Crippen LogP contribution in [-0.2, 0) is 0 Å². The zero-order valence-electron chi connectivity index (χ0n) is 46.7. The van der Waals surface area contributed by atoms with Crippen LogP contribution in [0.2, 0.25) is 0 Å². The van der Waals surface area contributed by atoms with E-state index in [-0.39, 0.29) is 0 Å². The summed E-state index contributed by atoms with van der Waals surface area (Å²) in [6.07, 6.45) is 0. The second-order valence-electron chi connectivity index (χ2n) is 22.9. The van der Waals surface area contributed by atoms with Crippen LogP contribution in [0.25, 0.3) is 186 Å². The van der Waals surface area contributed by atoms with E-state index in [0.29, 0.717) is 0 Å². The molecule has 16 aromatic carbocycles. The van der Waals surface area contributed by atoms with Crippen molar-refractivity contribution in [3.05, 3.63) is 303 Å². The van der Waals surface area contributed by atoms with Crippen molar-refractivity contribution in [1.82, 2.24) is 0 Å². The number of furan rings is 2. The summed E-state index contributed by atoms with van der Waals surface area (Å²) in [6.45, 7) is 0. The van der Waals surface area contributed by atoms with Crippen molar-refractivity contribution in [2.75, 3.05) is 0 Å². The van der Waals surface area contributed by atoms with Gasteiger partial charge in [-0.3, -0.25) is 0 Å². The number of hydrogen-bond acceptors (Lipinski definition) is 2. The maximum atomic E-state index is 6.95. The summed E-state index contributed by atoms with van der Waals surface area (Å²) < 4.78 is 13.2. The Kier molecular flexibility index (Phi) is 10.7. The largest absolute Gasteiger partial charge is 0.456 e. The molecule has 0 bridgehead atoms. The van der Waals surface area contributed by atoms with E-state index in [1.54, 1.807) is 0 Å². The Morgan fingerprint density at radius 1 is 0.163 bits per heavy atom. The molecule has 0 amide bonds. The van der Waals surface area contributed by atoms with Gasteiger partial charge in [0.1, 0.15) is 22.3 Å². The molecule has 0 radical (unpaired) electrons. The molecule has 0 aliphatic heterocycles. The highest BCUT2D eigenvalue weighted by Gasteiger charge is 2.23. The van der Waals surface area contributed by atoms with Crippen LogP contribution in [0.5, 0.6) is 0 Å². The molecule has 0 saturated heterocycles. The summed E-state index contributed by atoms with van der Waals surface area (Å²) in [5.74, 6) is 0. The molecular weight excluding hydrogens is 1040 g/mol. The molecule has 0 N–H and O–H groups in total. The van der Waals surface area contributed by atoms with Gasteiger partial charge < -0.3 is 8.83 Å². The quantitative estimate of drug-likeness (QED) is 0.149. The Hall–Kier alpha value is -11.3. The normalized spacial score (nSPS) is 12.0. The lowest BCUT2D eigenvalue weighted by molar-refractivity contribution is 0.669. The van der Waals surface area contributed by atoms with Crippen molar-refractivity contribution >= 4 is 109 Å². The van der Waals surface area contributed by atoms with Gasteiger partial charge in [-0.15, -0.1) is 0 Å². The zero-order chi connectivity index (χ0) is 56.4. The Bertz CT molecular complexity index is 5720. The maximum Gasteiger partial charge on any atom is 0.143 e. The Morgan fingerprint density at radius 2 is 0.523 bits per heavy atom. The van der Waals surface area contributed by atoms with Crippen molar-refractivity contribution in [3.63, 3.8) is 0 Å². The molecule has 0 fully saturated rings. The van der Waals surface area contributed by atoms with Crippen LogP contribution in [0.3, 0.4) is 0 Å². The minimum atomic E-state index is 0.870. The van der Waals surface area contributed by atoms with Gasteiger partial charge in [0.2, 0.25) is 0 Å². The van der Waals surface area contributed by atoms with Gasteiger partial charge in [0.25, 0.3) is 0 Å². The fourth-order valence-corrected chi connectivity index (χ4v) is 14.4. The molecule has 0 unspecified atom stereocenters. The third kappa shape index (κ3) is 7.40.